The van der Waals surface area contributed by atoms with Gasteiger partial charge in [0, 0.05) is 23.9 Å². The summed E-state index contributed by atoms with van der Waals surface area (Å²) in [5, 5.41) is 15.3. The van der Waals surface area contributed by atoms with Gasteiger partial charge >= 0.3 is 6.18 Å². The number of benzene rings is 2. The molecule has 11 heteroatoms. The average molecular weight is 489 g/mol. The molecule has 1 aromatic heterocycles. The van der Waals surface area contributed by atoms with Crippen LogP contribution in [0.25, 0.3) is 11.1 Å². The molecule has 35 heavy (non-hydrogen) atoms. The summed E-state index contributed by atoms with van der Waals surface area (Å²) in [7, 11) is 0. The van der Waals surface area contributed by atoms with Gasteiger partial charge in [-0.15, -0.1) is 0 Å². The quantitative estimate of drug-likeness (QED) is 0.272. The number of carbonyl (C=O) groups is 2. The number of nitrogens with one attached hydrogen (secondary N) is 2. The summed E-state index contributed by atoms with van der Waals surface area (Å²) < 4.78 is 67.0. The van der Waals surface area contributed by atoms with Crippen molar-refractivity contribution >= 4 is 17.5 Å². The molecule has 0 saturated heterocycles. The van der Waals surface area contributed by atoms with Crippen molar-refractivity contribution in [3.63, 3.8) is 0 Å². The topological polar surface area (TPSA) is 91.3 Å². The van der Waals surface area contributed by atoms with E-state index in [-0.39, 0.29) is 28.8 Å². The molecular weight excluding hydrogens is 473 g/mol. The highest BCUT2D eigenvalue weighted by Crippen LogP contribution is 2.39. The van der Waals surface area contributed by atoms with Crippen LogP contribution in [0.4, 0.5) is 27.6 Å². The lowest BCUT2D eigenvalue weighted by molar-refractivity contribution is -0.137. The van der Waals surface area contributed by atoms with Gasteiger partial charge in [0.2, 0.25) is 5.95 Å². The molecule has 3 N–H and O–H groups in total. The zero-order chi connectivity index (χ0) is 25.3. The number of aliphatic hydroxyl groups excluding tert-OH is 1. The van der Waals surface area contributed by atoms with Crippen LogP contribution in [0.3, 0.4) is 0 Å². The molecule has 1 atom stereocenters. The highest BCUT2D eigenvalue weighted by Gasteiger charge is 2.36. The van der Waals surface area contributed by atoms with Gasteiger partial charge in [0.15, 0.2) is 0 Å². The normalized spacial score (nSPS) is 16.1. The Morgan fingerprint density at radius 1 is 1.06 bits per heavy atom. The monoisotopic (exact) mass is 489 g/mol. The van der Waals surface area contributed by atoms with Gasteiger partial charge in [0.25, 0.3) is 11.8 Å². The highest BCUT2D eigenvalue weighted by atomic mass is 19.4. The Hall–Kier alpha value is -4.28. The number of carbonyl (C=O) groups excluding carboxylic acids is 2. The van der Waals surface area contributed by atoms with E-state index in [1.807, 2.05) is 0 Å². The van der Waals surface area contributed by atoms with E-state index in [1.165, 1.54) is 18.2 Å². The maximum atomic E-state index is 13.6. The first-order chi connectivity index (χ1) is 16.5. The van der Waals surface area contributed by atoms with Crippen LogP contribution in [-0.4, -0.2) is 21.9 Å². The summed E-state index contributed by atoms with van der Waals surface area (Å²) in [6.45, 7) is 0. The number of pyridine rings is 1. The number of aromatic nitrogens is 1. The average Bonchev–Trinajstić information content (AvgIpc) is 2.79. The van der Waals surface area contributed by atoms with Gasteiger partial charge in [-0.2, -0.15) is 17.6 Å². The molecule has 1 aliphatic rings. The molecule has 2 heterocycles. The number of rotatable bonds is 4. The molecule has 3 aromatic rings. The van der Waals surface area contributed by atoms with Crippen molar-refractivity contribution < 1.29 is 36.6 Å². The van der Waals surface area contributed by atoms with Crippen LogP contribution < -0.4 is 10.6 Å². The summed E-state index contributed by atoms with van der Waals surface area (Å²) in [6.07, 6.45) is -4.03. The number of nitrogens with zero attached hydrogens (tertiary/aromatic N) is 1. The minimum Gasteiger partial charge on any atom is -0.511 e. The molecule has 6 nitrogen and oxygen atoms in total. The number of anilines is 1. The van der Waals surface area contributed by atoms with Crippen molar-refractivity contribution in [3.8, 4) is 11.1 Å². The van der Waals surface area contributed by atoms with Crippen LogP contribution in [0.5, 0.6) is 0 Å². The summed E-state index contributed by atoms with van der Waals surface area (Å²) in [5.41, 5.74) is -1.44. The van der Waals surface area contributed by atoms with Gasteiger partial charge in [-0.3, -0.25) is 9.59 Å². The van der Waals surface area contributed by atoms with Crippen LogP contribution in [0.2, 0.25) is 0 Å². The first-order valence-corrected chi connectivity index (χ1v) is 10.2. The summed E-state index contributed by atoms with van der Waals surface area (Å²) in [6, 6.07) is 8.97. The van der Waals surface area contributed by atoms with E-state index in [9.17, 15) is 36.6 Å². The molecule has 0 aliphatic carbocycles. The second-order valence-electron chi connectivity index (χ2n) is 7.69. The van der Waals surface area contributed by atoms with Crippen molar-refractivity contribution in [1.29, 1.82) is 0 Å². The lowest BCUT2D eigenvalue weighted by Gasteiger charge is -2.26. The third-order valence-corrected chi connectivity index (χ3v) is 5.34. The summed E-state index contributed by atoms with van der Waals surface area (Å²) in [5.74, 6) is -3.84. The van der Waals surface area contributed by atoms with Crippen LogP contribution in [0.1, 0.15) is 23.6 Å². The van der Waals surface area contributed by atoms with E-state index >= 15 is 0 Å². The number of hydrogen-bond donors (Lipinski definition) is 3. The second kappa shape index (κ2) is 9.16. The minimum absolute atomic E-state index is 0.00170. The van der Waals surface area contributed by atoms with E-state index in [0.717, 1.165) is 42.6 Å². The Morgan fingerprint density at radius 2 is 1.77 bits per heavy atom. The maximum Gasteiger partial charge on any atom is 0.417 e. The van der Waals surface area contributed by atoms with Gasteiger partial charge in [-0.05, 0) is 59.7 Å². The molecule has 2 aromatic carbocycles. The van der Waals surface area contributed by atoms with Crippen molar-refractivity contribution in [2.45, 2.75) is 18.6 Å². The van der Waals surface area contributed by atoms with E-state index in [4.69, 9.17) is 0 Å². The Bertz CT molecular complexity index is 1320. The van der Waals surface area contributed by atoms with E-state index < -0.39 is 52.7 Å². The third-order valence-electron chi connectivity index (χ3n) is 5.34. The van der Waals surface area contributed by atoms with E-state index in [2.05, 4.69) is 15.6 Å². The Morgan fingerprint density at radius 3 is 2.37 bits per heavy atom. The lowest BCUT2D eigenvalue weighted by atomic mass is 9.91. The van der Waals surface area contributed by atoms with Gasteiger partial charge < -0.3 is 15.7 Å². The molecule has 2 amide bonds. The van der Waals surface area contributed by atoms with Gasteiger partial charge in [0.1, 0.15) is 17.1 Å². The Balaban J connectivity index is 1.64. The van der Waals surface area contributed by atoms with E-state index in [1.54, 1.807) is 0 Å². The zero-order valence-electron chi connectivity index (χ0n) is 17.7. The number of hydrogen-bond acceptors (Lipinski definition) is 4. The van der Waals surface area contributed by atoms with Crippen molar-refractivity contribution in [1.82, 2.24) is 10.3 Å². The van der Waals surface area contributed by atoms with Crippen molar-refractivity contribution in [2.75, 3.05) is 5.32 Å². The molecule has 0 saturated carbocycles. The largest absolute Gasteiger partial charge is 0.511 e. The number of amides is 2. The molecule has 1 unspecified atom stereocenters. The molecule has 0 bridgehead atoms. The first-order valence-electron chi connectivity index (χ1n) is 10.2. The zero-order valence-corrected chi connectivity index (χ0v) is 17.7. The number of alkyl halides is 3. The number of aliphatic hydroxyl groups is 1. The van der Waals surface area contributed by atoms with Crippen molar-refractivity contribution in [3.05, 3.63) is 95.0 Å². The molecule has 180 valence electrons. The first kappa shape index (κ1) is 23.9. The SMILES string of the molecule is O=C(Nc1ccc(F)cc1)C1=C(O)CC(c2ccc(C(F)(F)F)c(-c3ccc(F)nc3)c2)NC1=O. The maximum absolute atomic E-state index is 13.6. The lowest BCUT2D eigenvalue weighted by Crippen LogP contribution is -2.39. The van der Waals surface area contributed by atoms with Gasteiger partial charge in [0.05, 0.1) is 11.6 Å². The van der Waals surface area contributed by atoms with Gasteiger partial charge in [-0.25, -0.2) is 9.37 Å². The van der Waals surface area contributed by atoms with Crippen molar-refractivity contribution in [2.24, 2.45) is 0 Å². The van der Waals surface area contributed by atoms with Crippen LogP contribution in [0.15, 0.2) is 72.1 Å². The molecular formula is C24H16F5N3O3. The molecule has 0 spiro atoms. The molecule has 0 fully saturated rings. The van der Waals surface area contributed by atoms with Crippen LogP contribution in [-0.2, 0) is 15.8 Å². The number of halogens is 5. The fraction of sp³-hybridized carbons (Fsp3) is 0.125. The highest BCUT2D eigenvalue weighted by molar-refractivity contribution is 6.23. The Labute approximate surface area is 195 Å². The standard InChI is InChI=1S/C24H16F5N3O3/c25-14-3-5-15(6-4-14)31-22(34)21-19(33)10-18(32-23(21)35)12-1-7-17(24(27,28)29)16(9-12)13-2-8-20(26)30-11-13/h1-9,11,18,33H,10H2,(H,31,34)(H,32,35). The van der Waals surface area contributed by atoms with E-state index in [0.29, 0.717) is 0 Å². The van der Waals surface area contributed by atoms with Crippen LogP contribution in [0, 0.1) is 11.8 Å². The fourth-order valence-corrected chi connectivity index (χ4v) is 3.67. The Kier molecular flexibility index (Phi) is 6.25. The molecule has 1 aliphatic heterocycles. The summed E-state index contributed by atoms with van der Waals surface area (Å²) >= 11 is 0. The minimum atomic E-state index is -4.72. The predicted octanol–water partition coefficient (Wildman–Crippen LogP) is 5.06. The van der Waals surface area contributed by atoms with Gasteiger partial charge in [-0.1, -0.05) is 6.07 Å². The smallest absolute Gasteiger partial charge is 0.417 e. The summed E-state index contributed by atoms with van der Waals surface area (Å²) in [4.78, 5) is 28.5. The molecule has 0 radical (unpaired) electrons. The third kappa shape index (κ3) is 5.13. The molecule has 4 rings (SSSR count). The second-order valence-corrected chi connectivity index (χ2v) is 7.69. The predicted molar refractivity (Wildman–Crippen MR) is 115 cm³/mol. The fourth-order valence-electron chi connectivity index (χ4n) is 3.67. The van der Waals surface area contributed by atoms with Crippen LogP contribution >= 0.6 is 0 Å².